The smallest absolute Gasteiger partial charge is 0.315 e. The summed E-state index contributed by atoms with van der Waals surface area (Å²) in [5, 5.41) is 8.72. The Morgan fingerprint density at radius 2 is 2.26 bits per heavy atom. The van der Waals surface area contributed by atoms with Crippen LogP contribution >= 0.6 is 22.7 Å². The highest BCUT2D eigenvalue weighted by Crippen LogP contribution is 2.30. The Kier molecular flexibility index (Phi) is 4.55. The van der Waals surface area contributed by atoms with Gasteiger partial charge in [0.2, 0.25) is 0 Å². The van der Waals surface area contributed by atoms with E-state index in [4.69, 9.17) is 0 Å². The molecule has 102 valence electrons. The Labute approximate surface area is 120 Å². The average Bonchev–Trinajstić information content (AvgIpc) is 2.94. The summed E-state index contributed by atoms with van der Waals surface area (Å²) in [5.74, 6) is 0. The second kappa shape index (κ2) is 6.16. The molecule has 6 heteroatoms. The minimum atomic E-state index is -0.138. The first kappa shape index (κ1) is 14.0. The van der Waals surface area contributed by atoms with E-state index in [1.165, 1.54) is 4.88 Å². The maximum Gasteiger partial charge on any atom is 0.315 e. The highest BCUT2D eigenvalue weighted by Gasteiger charge is 2.11. The molecule has 0 aliphatic rings. The lowest BCUT2D eigenvalue weighted by atomic mass is 10.4. The molecule has 0 aliphatic carbocycles. The molecular formula is C13H17N3OS2. The maximum absolute atomic E-state index is 11.5. The summed E-state index contributed by atoms with van der Waals surface area (Å²) in [6.45, 7) is 6.37. The van der Waals surface area contributed by atoms with Crippen LogP contribution in [0.5, 0.6) is 0 Å². The third-order valence-corrected chi connectivity index (χ3v) is 4.65. The second-order valence-electron chi connectivity index (χ2n) is 4.49. The highest BCUT2D eigenvalue weighted by atomic mass is 32.1. The highest BCUT2D eigenvalue weighted by molar-refractivity contribution is 7.21. The summed E-state index contributed by atoms with van der Waals surface area (Å²) in [4.78, 5) is 18.4. The average molecular weight is 295 g/mol. The van der Waals surface area contributed by atoms with E-state index in [1.807, 2.05) is 32.2 Å². The Bertz CT molecular complexity index is 546. The van der Waals surface area contributed by atoms with Crippen molar-refractivity contribution in [2.24, 2.45) is 0 Å². The molecule has 2 aromatic heterocycles. The summed E-state index contributed by atoms with van der Waals surface area (Å²) in [6.07, 6.45) is 0. The minimum Gasteiger partial charge on any atom is -0.336 e. The van der Waals surface area contributed by atoms with Gasteiger partial charge in [0.05, 0.1) is 17.1 Å². The standard InChI is InChI=1S/C13H17N3OS2/c1-8(2)15-13(17)14-7-11-9(3)16-12(19-11)10-5-4-6-18-10/h4-6,8H,7H2,1-3H3,(H2,14,15,17). The van der Waals surface area contributed by atoms with Crippen LogP contribution in [-0.4, -0.2) is 17.1 Å². The van der Waals surface area contributed by atoms with Crippen LogP contribution in [0.3, 0.4) is 0 Å². The summed E-state index contributed by atoms with van der Waals surface area (Å²) < 4.78 is 0. The van der Waals surface area contributed by atoms with Gasteiger partial charge < -0.3 is 10.6 Å². The summed E-state index contributed by atoms with van der Waals surface area (Å²) in [6, 6.07) is 4.08. The number of thiazole rings is 1. The van der Waals surface area contributed by atoms with Gasteiger partial charge >= 0.3 is 6.03 Å². The number of carbonyl (C=O) groups is 1. The third-order valence-electron chi connectivity index (χ3n) is 2.45. The van der Waals surface area contributed by atoms with E-state index in [0.29, 0.717) is 6.54 Å². The van der Waals surface area contributed by atoms with Crippen LogP contribution in [-0.2, 0) is 6.54 Å². The summed E-state index contributed by atoms with van der Waals surface area (Å²) >= 11 is 3.31. The first-order chi connectivity index (χ1) is 9.06. The SMILES string of the molecule is Cc1nc(-c2cccs2)sc1CNC(=O)NC(C)C. The first-order valence-corrected chi connectivity index (χ1v) is 7.80. The van der Waals surface area contributed by atoms with E-state index in [9.17, 15) is 4.79 Å². The molecule has 0 saturated heterocycles. The molecule has 0 spiro atoms. The number of nitrogens with zero attached hydrogens (tertiary/aromatic N) is 1. The number of rotatable bonds is 4. The largest absolute Gasteiger partial charge is 0.336 e. The molecule has 2 rings (SSSR count). The van der Waals surface area contributed by atoms with Gasteiger partial charge in [-0.1, -0.05) is 6.07 Å². The van der Waals surface area contributed by atoms with Crippen molar-refractivity contribution in [2.75, 3.05) is 0 Å². The second-order valence-corrected chi connectivity index (χ2v) is 6.52. The fourth-order valence-electron chi connectivity index (χ4n) is 1.57. The topological polar surface area (TPSA) is 54.0 Å². The summed E-state index contributed by atoms with van der Waals surface area (Å²) in [5.41, 5.74) is 0.984. The molecule has 2 heterocycles. The third kappa shape index (κ3) is 3.78. The van der Waals surface area contributed by atoms with Crippen molar-refractivity contribution in [3.05, 3.63) is 28.1 Å². The van der Waals surface area contributed by atoms with Gasteiger partial charge in [0.15, 0.2) is 0 Å². The van der Waals surface area contributed by atoms with Crippen LogP contribution in [0.1, 0.15) is 24.4 Å². The molecule has 2 amide bonds. The zero-order valence-electron chi connectivity index (χ0n) is 11.2. The lowest BCUT2D eigenvalue weighted by molar-refractivity contribution is 0.238. The van der Waals surface area contributed by atoms with Crippen molar-refractivity contribution < 1.29 is 4.79 Å². The van der Waals surface area contributed by atoms with Gasteiger partial charge in [0, 0.05) is 10.9 Å². The zero-order valence-corrected chi connectivity index (χ0v) is 12.8. The van der Waals surface area contributed by atoms with Crippen LogP contribution in [0.2, 0.25) is 0 Å². The molecule has 2 aromatic rings. The van der Waals surface area contributed by atoms with Crippen molar-refractivity contribution in [3.63, 3.8) is 0 Å². The number of carbonyl (C=O) groups excluding carboxylic acids is 1. The molecule has 0 atom stereocenters. The Hall–Kier alpha value is -1.40. The van der Waals surface area contributed by atoms with Gasteiger partial charge in [-0.25, -0.2) is 9.78 Å². The monoisotopic (exact) mass is 295 g/mol. The molecular weight excluding hydrogens is 278 g/mol. The maximum atomic E-state index is 11.5. The lowest BCUT2D eigenvalue weighted by Gasteiger charge is -2.09. The van der Waals surface area contributed by atoms with E-state index < -0.39 is 0 Å². The fourth-order valence-corrected chi connectivity index (χ4v) is 3.37. The van der Waals surface area contributed by atoms with Crippen molar-refractivity contribution >= 4 is 28.7 Å². The van der Waals surface area contributed by atoms with Crippen molar-refractivity contribution in [1.29, 1.82) is 0 Å². The van der Waals surface area contributed by atoms with Gasteiger partial charge in [0.25, 0.3) is 0 Å². The molecule has 0 saturated carbocycles. The fraction of sp³-hybridized carbons (Fsp3) is 0.385. The number of aryl methyl sites for hydroxylation is 1. The molecule has 0 radical (unpaired) electrons. The van der Waals surface area contributed by atoms with Gasteiger partial charge in [-0.2, -0.15) is 0 Å². The number of aromatic nitrogens is 1. The first-order valence-electron chi connectivity index (χ1n) is 6.11. The molecule has 0 bridgehead atoms. The zero-order chi connectivity index (χ0) is 13.8. The van der Waals surface area contributed by atoms with E-state index in [2.05, 4.69) is 21.7 Å². The Morgan fingerprint density at radius 3 is 2.89 bits per heavy atom. The molecule has 2 N–H and O–H groups in total. The van der Waals surface area contributed by atoms with Crippen LogP contribution in [0.25, 0.3) is 9.88 Å². The normalized spacial score (nSPS) is 10.7. The molecule has 0 unspecified atom stereocenters. The number of hydrogen-bond acceptors (Lipinski definition) is 4. The van der Waals surface area contributed by atoms with Gasteiger partial charge in [-0.3, -0.25) is 0 Å². The number of urea groups is 1. The van der Waals surface area contributed by atoms with Crippen LogP contribution in [0.15, 0.2) is 17.5 Å². The minimum absolute atomic E-state index is 0.138. The van der Waals surface area contributed by atoms with Crippen LogP contribution in [0, 0.1) is 6.92 Å². The molecule has 19 heavy (non-hydrogen) atoms. The summed E-state index contributed by atoms with van der Waals surface area (Å²) in [7, 11) is 0. The number of thiophene rings is 1. The quantitative estimate of drug-likeness (QED) is 0.908. The predicted octanol–water partition coefficient (Wildman–Crippen LogP) is 3.39. The van der Waals surface area contributed by atoms with E-state index in [0.717, 1.165) is 15.6 Å². The molecule has 0 aromatic carbocycles. The van der Waals surface area contributed by atoms with Gasteiger partial charge in [-0.15, -0.1) is 22.7 Å². The van der Waals surface area contributed by atoms with Crippen molar-refractivity contribution in [2.45, 2.75) is 33.4 Å². The van der Waals surface area contributed by atoms with Crippen molar-refractivity contribution in [1.82, 2.24) is 15.6 Å². The Balaban J connectivity index is 2.00. The van der Waals surface area contributed by atoms with Crippen LogP contribution < -0.4 is 10.6 Å². The molecule has 4 nitrogen and oxygen atoms in total. The molecule has 0 aliphatic heterocycles. The van der Waals surface area contributed by atoms with E-state index >= 15 is 0 Å². The van der Waals surface area contributed by atoms with Crippen LogP contribution in [0.4, 0.5) is 4.79 Å². The number of nitrogens with one attached hydrogen (secondary N) is 2. The Morgan fingerprint density at radius 1 is 1.47 bits per heavy atom. The lowest BCUT2D eigenvalue weighted by Crippen LogP contribution is -2.38. The van der Waals surface area contributed by atoms with Gasteiger partial charge in [0.1, 0.15) is 5.01 Å². The number of amides is 2. The van der Waals surface area contributed by atoms with E-state index in [1.54, 1.807) is 22.7 Å². The predicted molar refractivity (Wildman–Crippen MR) is 80.7 cm³/mol. The molecule has 0 fully saturated rings. The van der Waals surface area contributed by atoms with E-state index in [-0.39, 0.29) is 12.1 Å². The van der Waals surface area contributed by atoms with Gasteiger partial charge in [-0.05, 0) is 32.2 Å². The van der Waals surface area contributed by atoms with Crippen molar-refractivity contribution in [3.8, 4) is 9.88 Å². The number of hydrogen-bond donors (Lipinski definition) is 2.